The van der Waals surface area contributed by atoms with Gasteiger partial charge in [0.2, 0.25) is 5.76 Å². The Labute approximate surface area is 109 Å². The minimum atomic E-state index is -0.491. The molecule has 0 aromatic heterocycles. The third kappa shape index (κ3) is 2.20. The van der Waals surface area contributed by atoms with Crippen LogP contribution in [0.3, 0.4) is 0 Å². The number of rotatable bonds is 3. The van der Waals surface area contributed by atoms with Crippen molar-refractivity contribution >= 4 is 5.97 Å². The molecule has 1 heterocycles. The maximum Gasteiger partial charge on any atom is 0.375 e. The topological polar surface area (TPSA) is 47.6 Å². The van der Waals surface area contributed by atoms with Crippen LogP contribution in [0.5, 0.6) is 0 Å². The van der Waals surface area contributed by atoms with Gasteiger partial charge in [-0.15, -0.1) is 0 Å². The van der Waals surface area contributed by atoms with E-state index in [1.54, 1.807) is 13.1 Å². The first-order chi connectivity index (χ1) is 8.51. The number of hydrogen-bond acceptors (Lipinski definition) is 4. The Kier molecular flexibility index (Phi) is 3.55. The van der Waals surface area contributed by atoms with E-state index in [4.69, 9.17) is 9.47 Å². The highest BCUT2D eigenvalue weighted by atomic mass is 16.6. The van der Waals surface area contributed by atoms with E-state index in [-0.39, 0.29) is 11.4 Å². The summed E-state index contributed by atoms with van der Waals surface area (Å²) in [7, 11) is 0. The summed E-state index contributed by atoms with van der Waals surface area (Å²) in [5.41, 5.74) is -0.425. The van der Waals surface area contributed by atoms with E-state index in [9.17, 15) is 4.79 Å². The van der Waals surface area contributed by atoms with E-state index >= 15 is 0 Å². The summed E-state index contributed by atoms with van der Waals surface area (Å²) in [6.07, 6.45) is 7.65. The Hall–Kier alpha value is -1.19. The van der Waals surface area contributed by atoms with E-state index in [1.165, 1.54) is 19.3 Å². The Morgan fingerprint density at radius 1 is 1.39 bits per heavy atom. The molecule has 0 radical (unpaired) electrons. The van der Waals surface area contributed by atoms with Crippen molar-refractivity contribution in [1.82, 2.24) is 5.32 Å². The molecular weight excluding hydrogens is 230 g/mol. The van der Waals surface area contributed by atoms with Crippen LogP contribution in [0, 0.1) is 5.41 Å². The Bertz CT molecular complexity index is 358. The summed E-state index contributed by atoms with van der Waals surface area (Å²) in [5.74, 6) is -0.0840. The van der Waals surface area contributed by atoms with E-state index in [0.29, 0.717) is 12.4 Å². The molecule has 1 saturated carbocycles. The fourth-order valence-electron chi connectivity index (χ4n) is 2.89. The van der Waals surface area contributed by atoms with Crippen LogP contribution in [0.4, 0.5) is 0 Å². The van der Waals surface area contributed by atoms with Gasteiger partial charge >= 0.3 is 5.97 Å². The average Bonchev–Trinajstić information content (AvgIpc) is 2.75. The standard InChI is InChI=1S/C14H23NO3/c1-4-17-12(16)11-10-15-14(3,18-11)13(2)8-6-5-7-9-13/h10,15H,4-9H2,1-3H3. The van der Waals surface area contributed by atoms with Crippen molar-refractivity contribution < 1.29 is 14.3 Å². The molecule has 102 valence electrons. The van der Waals surface area contributed by atoms with Crippen LogP contribution in [0.1, 0.15) is 52.9 Å². The van der Waals surface area contributed by atoms with Gasteiger partial charge in [-0.25, -0.2) is 4.79 Å². The third-order valence-corrected chi connectivity index (χ3v) is 4.38. The second-order valence-corrected chi connectivity index (χ2v) is 5.63. The normalized spacial score (nSPS) is 30.1. The van der Waals surface area contributed by atoms with E-state index in [2.05, 4.69) is 12.2 Å². The van der Waals surface area contributed by atoms with Crippen molar-refractivity contribution in [2.45, 2.75) is 58.6 Å². The van der Waals surface area contributed by atoms with Crippen molar-refractivity contribution in [3.8, 4) is 0 Å². The van der Waals surface area contributed by atoms with Crippen LogP contribution in [-0.4, -0.2) is 18.3 Å². The van der Waals surface area contributed by atoms with Gasteiger partial charge in [-0.05, 0) is 26.7 Å². The molecule has 0 aromatic carbocycles. The van der Waals surface area contributed by atoms with Crippen molar-refractivity contribution in [2.75, 3.05) is 6.61 Å². The molecule has 1 fully saturated rings. The molecule has 18 heavy (non-hydrogen) atoms. The second-order valence-electron chi connectivity index (χ2n) is 5.63. The van der Waals surface area contributed by atoms with Crippen LogP contribution in [0.25, 0.3) is 0 Å². The molecule has 4 heteroatoms. The summed E-state index contributed by atoms with van der Waals surface area (Å²) in [6.45, 7) is 6.43. The molecule has 1 N–H and O–H groups in total. The zero-order valence-electron chi connectivity index (χ0n) is 11.5. The summed E-state index contributed by atoms with van der Waals surface area (Å²) in [6, 6.07) is 0. The molecule has 0 spiro atoms. The van der Waals surface area contributed by atoms with E-state index < -0.39 is 5.72 Å². The molecule has 4 nitrogen and oxygen atoms in total. The first kappa shape index (κ1) is 13.2. The zero-order chi connectivity index (χ0) is 13.2. The van der Waals surface area contributed by atoms with Gasteiger partial charge in [-0.3, -0.25) is 0 Å². The monoisotopic (exact) mass is 253 g/mol. The number of carbonyl (C=O) groups excluding carboxylic acids is 1. The molecule has 2 rings (SSSR count). The summed E-state index contributed by atoms with van der Waals surface area (Å²) in [5, 5.41) is 3.25. The smallest absolute Gasteiger partial charge is 0.375 e. The van der Waals surface area contributed by atoms with Gasteiger partial charge in [0.25, 0.3) is 0 Å². The molecule has 1 aliphatic carbocycles. The summed E-state index contributed by atoms with van der Waals surface area (Å²) in [4.78, 5) is 11.7. The molecular formula is C14H23NO3. The van der Waals surface area contributed by atoms with Gasteiger partial charge in [0.05, 0.1) is 12.8 Å². The molecule has 0 saturated heterocycles. The molecule has 1 aliphatic heterocycles. The Balaban J connectivity index is 2.05. The predicted molar refractivity (Wildman–Crippen MR) is 68.5 cm³/mol. The highest BCUT2D eigenvalue weighted by Crippen LogP contribution is 2.47. The number of carbonyl (C=O) groups is 1. The summed E-state index contributed by atoms with van der Waals surface area (Å²) >= 11 is 0. The number of hydrogen-bond donors (Lipinski definition) is 1. The van der Waals surface area contributed by atoms with Crippen LogP contribution < -0.4 is 5.32 Å². The van der Waals surface area contributed by atoms with Crippen molar-refractivity contribution in [3.63, 3.8) is 0 Å². The van der Waals surface area contributed by atoms with Gasteiger partial charge in [-0.1, -0.05) is 26.2 Å². The first-order valence-electron chi connectivity index (χ1n) is 6.85. The molecule has 2 aliphatic rings. The molecule has 1 unspecified atom stereocenters. The Morgan fingerprint density at radius 3 is 2.67 bits per heavy atom. The van der Waals surface area contributed by atoms with Crippen LogP contribution >= 0.6 is 0 Å². The fourth-order valence-corrected chi connectivity index (χ4v) is 2.89. The number of nitrogens with one attached hydrogen (secondary N) is 1. The zero-order valence-corrected chi connectivity index (χ0v) is 11.5. The van der Waals surface area contributed by atoms with Crippen molar-refractivity contribution in [1.29, 1.82) is 0 Å². The largest absolute Gasteiger partial charge is 0.460 e. The first-order valence-corrected chi connectivity index (χ1v) is 6.85. The predicted octanol–water partition coefficient (Wildman–Crippen LogP) is 2.70. The average molecular weight is 253 g/mol. The number of ether oxygens (including phenoxy) is 2. The van der Waals surface area contributed by atoms with Crippen molar-refractivity contribution in [3.05, 3.63) is 12.0 Å². The molecule has 0 bridgehead atoms. The van der Waals surface area contributed by atoms with Crippen molar-refractivity contribution in [2.24, 2.45) is 5.41 Å². The van der Waals surface area contributed by atoms with Crippen LogP contribution in [0.15, 0.2) is 12.0 Å². The molecule has 1 atom stereocenters. The van der Waals surface area contributed by atoms with Crippen LogP contribution in [-0.2, 0) is 14.3 Å². The van der Waals surface area contributed by atoms with E-state index in [1.807, 2.05) is 6.92 Å². The molecule has 0 aromatic rings. The minimum absolute atomic E-state index is 0.0655. The lowest BCUT2D eigenvalue weighted by Crippen LogP contribution is -2.53. The Morgan fingerprint density at radius 2 is 2.06 bits per heavy atom. The lowest BCUT2D eigenvalue weighted by Gasteiger charge is -2.45. The van der Waals surface area contributed by atoms with Gasteiger partial charge in [0, 0.05) is 5.41 Å². The highest BCUT2D eigenvalue weighted by molar-refractivity contribution is 5.86. The third-order valence-electron chi connectivity index (χ3n) is 4.38. The fraction of sp³-hybridized carbons (Fsp3) is 0.786. The van der Waals surface area contributed by atoms with E-state index in [0.717, 1.165) is 12.8 Å². The lowest BCUT2D eigenvalue weighted by atomic mass is 9.69. The van der Waals surface area contributed by atoms with Gasteiger partial charge in [-0.2, -0.15) is 0 Å². The van der Waals surface area contributed by atoms with Gasteiger partial charge in [0.15, 0.2) is 5.72 Å². The quantitative estimate of drug-likeness (QED) is 0.786. The lowest BCUT2D eigenvalue weighted by molar-refractivity contribution is -0.151. The van der Waals surface area contributed by atoms with Gasteiger partial charge in [0.1, 0.15) is 0 Å². The minimum Gasteiger partial charge on any atom is -0.460 e. The van der Waals surface area contributed by atoms with Crippen LogP contribution in [0.2, 0.25) is 0 Å². The SMILES string of the molecule is CCOC(=O)C1=CNC(C)(C2(C)CCCCC2)O1. The maximum absolute atomic E-state index is 11.7. The maximum atomic E-state index is 11.7. The second kappa shape index (κ2) is 4.82. The highest BCUT2D eigenvalue weighted by Gasteiger charge is 2.50. The number of esters is 1. The summed E-state index contributed by atoms with van der Waals surface area (Å²) < 4.78 is 10.8. The molecule has 0 amide bonds. The van der Waals surface area contributed by atoms with Gasteiger partial charge < -0.3 is 14.8 Å².